The SMILES string of the molecule is C=N/C(=N\C(=Nc1cccc(C(F)(F)F)c1)OCC(F)(F)F)c1cccc(-c2cccc(F)c2)c1.CN. The highest BCUT2D eigenvalue weighted by Gasteiger charge is 2.31. The quantitative estimate of drug-likeness (QED) is 0.231. The van der Waals surface area contributed by atoms with Crippen molar-refractivity contribution in [2.45, 2.75) is 12.4 Å². The Morgan fingerprint density at radius 1 is 0.865 bits per heavy atom. The molecule has 0 aliphatic rings. The fourth-order valence-electron chi connectivity index (χ4n) is 2.89. The van der Waals surface area contributed by atoms with Crippen LogP contribution in [0.1, 0.15) is 11.1 Å². The van der Waals surface area contributed by atoms with Gasteiger partial charge in [-0.2, -0.15) is 36.3 Å². The van der Waals surface area contributed by atoms with E-state index in [0.29, 0.717) is 17.2 Å². The molecule has 0 fully saturated rings. The molecule has 0 saturated carbocycles. The normalized spacial score (nSPS) is 12.5. The van der Waals surface area contributed by atoms with Crippen LogP contribution in [0.5, 0.6) is 0 Å². The average Bonchev–Trinajstić information content (AvgIpc) is 2.86. The van der Waals surface area contributed by atoms with Gasteiger partial charge in [0.05, 0.1) is 11.3 Å². The van der Waals surface area contributed by atoms with Gasteiger partial charge in [0.25, 0.3) is 0 Å². The molecule has 12 heteroatoms. The maximum absolute atomic E-state index is 13.6. The number of alkyl halides is 6. The Kier molecular flexibility index (Phi) is 10.1. The van der Waals surface area contributed by atoms with Crippen molar-refractivity contribution in [3.05, 3.63) is 89.7 Å². The first-order valence-corrected chi connectivity index (χ1v) is 10.4. The van der Waals surface area contributed by atoms with Crippen molar-refractivity contribution in [3.63, 3.8) is 0 Å². The zero-order chi connectivity index (χ0) is 27.6. The number of nitrogens with zero attached hydrogens (tertiary/aromatic N) is 3. The number of hydrogen-bond acceptors (Lipinski definition) is 3. The lowest BCUT2D eigenvalue weighted by Crippen LogP contribution is -2.20. The second-order valence-electron chi connectivity index (χ2n) is 7.03. The third-order valence-electron chi connectivity index (χ3n) is 4.39. The Morgan fingerprint density at radius 3 is 2.08 bits per heavy atom. The molecule has 0 unspecified atom stereocenters. The monoisotopic (exact) mass is 526 g/mol. The van der Waals surface area contributed by atoms with E-state index in [4.69, 9.17) is 0 Å². The minimum Gasteiger partial charge on any atom is -0.454 e. The van der Waals surface area contributed by atoms with Crippen molar-refractivity contribution in [3.8, 4) is 11.1 Å². The molecular weight excluding hydrogens is 505 g/mol. The van der Waals surface area contributed by atoms with E-state index in [1.807, 2.05) is 0 Å². The molecule has 0 radical (unpaired) electrons. The zero-order valence-electron chi connectivity index (χ0n) is 19.3. The molecule has 0 amide bonds. The predicted octanol–water partition coefficient (Wildman–Crippen LogP) is 6.80. The van der Waals surface area contributed by atoms with Crippen LogP contribution in [0.15, 0.2) is 87.8 Å². The Bertz CT molecular complexity index is 1270. The molecule has 0 aliphatic carbocycles. The average molecular weight is 526 g/mol. The van der Waals surface area contributed by atoms with Gasteiger partial charge in [0, 0.05) is 5.56 Å². The molecule has 0 aliphatic heterocycles. The number of hydrogen-bond donors (Lipinski definition) is 1. The number of benzene rings is 3. The summed E-state index contributed by atoms with van der Waals surface area (Å²) in [5, 5.41) is 0. The van der Waals surface area contributed by atoms with Gasteiger partial charge in [-0.25, -0.2) is 9.38 Å². The van der Waals surface area contributed by atoms with Gasteiger partial charge in [0.1, 0.15) is 5.82 Å². The fourth-order valence-corrected chi connectivity index (χ4v) is 2.89. The second kappa shape index (κ2) is 12.8. The van der Waals surface area contributed by atoms with Gasteiger partial charge in [0.15, 0.2) is 12.4 Å². The smallest absolute Gasteiger partial charge is 0.422 e. The minimum atomic E-state index is -4.76. The molecule has 0 saturated heterocycles. The molecule has 5 nitrogen and oxygen atoms in total. The largest absolute Gasteiger partial charge is 0.454 e. The number of aliphatic imine (C=N–C) groups is 3. The molecule has 196 valence electrons. The topological polar surface area (TPSA) is 72.3 Å². The van der Waals surface area contributed by atoms with Crippen LogP contribution in [0.2, 0.25) is 0 Å². The number of amidine groups is 2. The Morgan fingerprint density at radius 2 is 1.49 bits per heavy atom. The molecule has 3 rings (SSSR count). The van der Waals surface area contributed by atoms with Crippen LogP contribution >= 0.6 is 0 Å². The van der Waals surface area contributed by atoms with Crippen molar-refractivity contribution < 1.29 is 35.5 Å². The summed E-state index contributed by atoms with van der Waals surface area (Å²) in [4.78, 5) is 11.3. The molecule has 2 N–H and O–H groups in total. The number of halogens is 7. The maximum atomic E-state index is 13.6. The summed E-state index contributed by atoms with van der Waals surface area (Å²) >= 11 is 0. The van der Waals surface area contributed by atoms with Crippen molar-refractivity contribution in [1.82, 2.24) is 0 Å². The third-order valence-corrected chi connectivity index (χ3v) is 4.39. The van der Waals surface area contributed by atoms with Crippen LogP contribution in [0, 0.1) is 5.82 Å². The lowest BCUT2D eigenvalue weighted by molar-refractivity contribution is -0.156. The summed E-state index contributed by atoms with van der Waals surface area (Å²) in [5.41, 5.74) is 4.45. The Labute approximate surface area is 207 Å². The first-order valence-electron chi connectivity index (χ1n) is 10.4. The summed E-state index contributed by atoms with van der Waals surface area (Å²) in [6, 6.07) is 14.7. The van der Waals surface area contributed by atoms with Crippen LogP contribution < -0.4 is 5.73 Å². The highest BCUT2D eigenvalue weighted by molar-refractivity contribution is 6.07. The van der Waals surface area contributed by atoms with Gasteiger partial charge in [-0.15, -0.1) is 0 Å². The van der Waals surface area contributed by atoms with Crippen molar-refractivity contribution in [2.24, 2.45) is 20.7 Å². The summed E-state index contributed by atoms with van der Waals surface area (Å²) in [7, 11) is 1.50. The summed E-state index contributed by atoms with van der Waals surface area (Å²) < 4.78 is 95.5. The fraction of sp³-hybridized carbons (Fsp3) is 0.160. The van der Waals surface area contributed by atoms with E-state index in [-0.39, 0.29) is 17.1 Å². The molecule has 0 aromatic heterocycles. The molecule has 0 atom stereocenters. The van der Waals surface area contributed by atoms with Gasteiger partial charge < -0.3 is 10.5 Å². The molecule has 3 aromatic rings. The Hall–Kier alpha value is -4.06. The summed E-state index contributed by atoms with van der Waals surface area (Å²) in [6.45, 7) is 1.56. The van der Waals surface area contributed by atoms with Crippen molar-refractivity contribution >= 4 is 24.3 Å². The number of ether oxygens (including phenoxy) is 1. The second-order valence-corrected chi connectivity index (χ2v) is 7.03. The van der Waals surface area contributed by atoms with Gasteiger partial charge in [0.2, 0.25) is 0 Å². The molecule has 37 heavy (non-hydrogen) atoms. The third kappa shape index (κ3) is 9.15. The first kappa shape index (κ1) is 29.2. The van der Waals surface area contributed by atoms with E-state index in [1.54, 1.807) is 18.2 Å². The number of rotatable bonds is 4. The van der Waals surface area contributed by atoms with Crippen molar-refractivity contribution in [2.75, 3.05) is 13.7 Å². The van der Waals surface area contributed by atoms with E-state index in [2.05, 4.69) is 32.2 Å². The predicted molar refractivity (Wildman–Crippen MR) is 129 cm³/mol. The minimum absolute atomic E-state index is 0.212. The van der Waals surface area contributed by atoms with Crippen molar-refractivity contribution in [1.29, 1.82) is 0 Å². The van der Waals surface area contributed by atoms with Gasteiger partial charge in [-0.05, 0) is 61.3 Å². The molecule has 3 aromatic carbocycles. The van der Waals surface area contributed by atoms with Crippen LogP contribution in [0.3, 0.4) is 0 Å². The van der Waals surface area contributed by atoms with E-state index in [0.717, 1.165) is 18.2 Å². The van der Waals surface area contributed by atoms with Gasteiger partial charge >= 0.3 is 18.4 Å². The van der Waals surface area contributed by atoms with Gasteiger partial charge in [-0.1, -0.05) is 36.4 Å². The lowest BCUT2D eigenvalue weighted by Gasteiger charge is -2.11. The van der Waals surface area contributed by atoms with Crippen LogP contribution in [-0.4, -0.2) is 38.4 Å². The molecular formula is C25H21F7N4O. The zero-order valence-corrected chi connectivity index (χ0v) is 19.3. The highest BCUT2D eigenvalue weighted by atomic mass is 19.4. The van der Waals surface area contributed by atoms with Gasteiger partial charge in [-0.3, -0.25) is 0 Å². The van der Waals surface area contributed by atoms with E-state index < -0.39 is 36.4 Å². The first-order chi connectivity index (χ1) is 17.4. The van der Waals surface area contributed by atoms with E-state index in [1.165, 1.54) is 37.4 Å². The van der Waals surface area contributed by atoms with Crippen LogP contribution in [-0.2, 0) is 10.9 Å². The van der Waals surface area contributed by atoms with Crippen LogP contribution in [0.25, 0.3) is 11.1 Å². The Balaban J connectivity index is 0.00000235. The molecule has 0 heterocycles. The molecule has 0 spiro atoms. The summed E-state index contributed by atoms with van der Waals surface area (Å²) in [6.07, 6.45) is -9.45. The molecule has 0 bridgehead atoms. The highest BCUT2D eigenvalue weighted by Crippen LogP contribution is 2.31. The summed E-state index contributed by atoms with van der Waals surface area (Å²) in [5.74, 6) is -0.684. The van der Waals surface area contributed by atoms with E-state index >= 15 is 0 Å². The number of nitrogens with two attached hydrogens (primary N) is 1. The van der Waals surface area contributed by atoms with Crippen LogP contribution in [0.4, 0.5) is 36.4 Å². The standard InChI is InChI=1S/C24H16F7N3O.CH5N/c1-32-21(17-7-2-5-15(11-17)16-6-3-9-19(25)12-16)34-22(35-14-23(26,27)28)33-20-10-4-8-18(13-20)24(29,30)31;1-2/h2-13H,1,14H2;2H2,1H3/b33-22?,34-21-;. The lowest BCUT2D eigenvalue weighted by atomic mass is 10.0. The van der Waals surface area contributed by atoms with E-state index in [9.17, 15) is 30.7 Å². The maximum Gasteiger partial charge on any atom is 0.422 e.